The van der Waals surface area contributed by atoms with Gasteiger partial charge in [-0.05, 0) is 6.92 Å². The van der Waals surface area contributed by atoms with Crippen molar-refractivity contribution in [1.29, 1.82) is 0 Å². The van der Waals surface area contributed by atoms with Crippen LogP contribution in [0.5, 0.6) is 0 Å². The van der Waals surface area contributed by atoms with E-state index >= 15 is 0 Å². The fourth-order valence-electron chi connectivity index (χ4n) is 1.10. The highest BCUT2D eigenvalue weighted by Crippen LogP contribution is 2.14. The van der Waals surface area contributed by atoms with Crippen molar-refractivity contribution in [2.45, 2.75) is 18.3 Å². The molecule has 0 aromatic heterocycles. The van der Waals surface area contributed by atoms with E-state index in [0.717, 1.165) is 0 Å². The largest absolute Gasteiger partial charge is 0.548 e. The summed E-state index contributed by atoms with van der Waals surface area (Å²) in [5.41, 5.74) is 0. The Morgan fingerprint density at radius 3 is 2.50 bits per heavy atom. The molecule has 0 saturated carbocycles. The van der Waals surface area contributed by atoms with Gasteiger partial charge in [-0.1, -0.05) is 0 Å². The molecule has 1 saturated heterocycles. The zero-order chi connectivity index (χ0) is 9.30. The molecule has 0 aliphatic carbocycles. The van der Waals surface area contributed by atoms with E-state index in [9.17, 15) is 14.7 Å². The summed E-state index contributed by atoms with van der Waals surface area (Å²) >= 11 is 0. The molecule has 3 atom stereocenters. The van der Waals surface area contributed by atoms with E-state index in [1.165, 1.54) is 0 Å². The van der Waals surface area contributed by atoms with Gasteiger partial charge in [0, 0.05) is 0 Å². The lowest BCUT2D eigenvalue weighted by molar-refractivity contribution is -0.307. The maximum Gasteiger partial charge on any atom is 0.524 e. The molecule has 68 valence electrons. The van der Waals surface area contributed by atoms with E-state index in [2.05, 4.69) is 5.32 Å². The third-order valence-electron chi connectivity index (χ3n) is 1.72. The van der Waals surface area contributed by atoms with E-state index in [4.69, 9.17) is 5.11 Å². The van der Waals surface area contributed by atoms with Gasteiger partial charge in [0.1, 0.15) is 16.6 Å². The number of carboxylic acid groups (broad SMARTS) is 2. The molecule has 0 aromatic carbocycles. The van der Waals surface area contributed by atoms with Crippen molar-refractivity contribution >= 4 is 22.2 Å². The molecule has 5 nitrogen and oxygen atoms in total. The molecule has 0 amide bonds. The summed E-state index contributed by atoms with van der Waals surface area (Å²) in [4.78, 5) is 20.9. The maximum absolute atomic E-state index is 10.5. The van der Waals surface area contributed by atoms with Crippen molar-refractivity contribution in [2.24, 2.45) is 0 Å². The Hall–Kier alpha value is -0.750. The number of carboxylic acids is 1. The summed E-state index contributed by atoms with van der Waals surface area (Å²) in [6, 6.07) is -0.806. The lowest BCUT2D eigenvalue weighted by Gasteiger charge is -2.06. The van der Waals surface area contributed by atoms with Crippen LogP contribution in [0.4, 0.5) is 4.79 Å². The molecule has 2 N–H and O–H groups in total. The Bertz CT molecular complexity index is 220. The van der Waals surface area contributed by atoms with Gasteiger partial charge in [0.25, 0.3) is 0 Å². The molecule has 1 aliphatic rings. The number of rotatable bonds is 1. The fourth-order valence-corrected chi connectivity index (χ4v) is 2.75. The molecule has 12 heavy (non-hydrogen) atoms. The summed E-state index contributed by atoms with van der Waals surface area (Å²) in [6.45, 7) is 1.67. The molecule has 1 rings (SSSR count). The number of carbonyl (C=O) groups is 2. The third-order valence-corrected chi connectivity index (χ3v) is 3.85. The zero-order valence-corrected chi connectivity index (χ0v) is 7.26. The molecule has 0 radical (unpaired) electrons. The minimum absolute atomic E-state index is 0.138. The van der Waals surface area contributed by atoms with Gasteiger partial charge >= 0.3 is 5.30 Å². The Balaban J connectivity index is 2.62. The van der Waals surface area contributed by atoms with Gasteiger partial charge in [0.15, 0.2) is 5.37 Å². The zero-order valence-electron chi connectivity index (χ0n) is 6.44. The fraction of sp³-hybridized carbons (Fsp3) is 0.667. The minimum Gasteiger partial charge on any atom is -0.548 e. The molecule has 0 aromatic rings. The normalized spacial score (nSPS) is 34.9. The van der Waals surface area contributed by atoms with E-state index < -0.39 is 28.2 Å². The van der Waals surface area contributed by atoms with Gasteiger partial charge in [-0.15, -0.1) is 0 Å². The van der Waals surface area contributed by atoms with Gasteiger partial charge in [-0.2, -0.15) is 4.79 Å². The topological polar surface area (TPSA) is 89.5 Å². The Morgan fingerprint density at radius 2 is 2.25 bits per heavy atom. The molecule has 6 heteroatoms. The molecule has 1 heterocycles. The van der Waals surface area contributed by atoms with E-state index in [1.807, 2.05) is 0 Å². The highest BCUT2D eigenvalue weighted by molar-refractivity contribution is 8.11. The van der Waals surface area contributed by atoms with Crippen LogP contribution in [-0.4, -0.2) is 33.5 Å². The lowest BCUT2D eigenvalue weighted by Crippen LogP contribution is -2.44. The Labute approximate surface area is 72.1 Å². The summed E-state index contributed by atoms with van der Waals surface area (Å²) in [5.74, 6) is -1.09. The standard InChI is InChI=1S/C6H9NO4S/c1-3-7-4(5(8)9)2-12(3)6(10)11/h3-4,7H,2H2,1H3,(H-,8,9,10,11). The van der Waals surface area contributed by atoms with Gasteiger partial charge in [-0.25, -0.2) is 0 Å². The second-order valence-electron chi connectivity index (χ2n) is 2.54. The molecule has 0 bridgehead atoms. The summed E-state index contributed by atoms with van der Waals surface area (Å²) < 4.78 is 0. The predicted octanol–water partition coefficient (Wildman–Crippen LogP) is -1.65. The first kappa shape index (κ1) is 9.34. The van der Waals surface area contributed by atoms with E-state index in [0.29, 0.717) is 0 Å². The molecule has 1 aliphatic heterocycles. The number of hydrogen-bond acceptors (Lipinski definition) is 4. The molecule has 3 unspecified atom stereocenters. The number of carbonyl (C=O) groups excluding carboxylic acids is 1. The SMILES string of the molecule is CC1NC(C(=O)[O-])C[S+]1C(=O)O. The average molecular weight is 191 g/mol. The quantitative estimate of drug-likeness (QED) is 0.485. The predicted molar refractivity (Wildman–Crippen MR) is 41.6 cm³/mol. The monoisotopic (exact) mass is 191 g/mol. The third kappa shape index (κ3) is 1.70. The van der Waals surface area contributed by atoms with Crippen LogP contribution in [0.25, 0.3) is 0 Å². The van der Waals surface area contributed by atoms with Gasteiger partial charge < -0.3 is 15.0 Å². The van der Waals surface area contributed by atoms with Crippen LogP contribution in [0.1, 0.15) is 6.92 Å². The summed E-state index contributed by atoms with van der Waals surface area (Å²) in [5, 5.41) is 20.4. The van der Waals surface area contributed by atoms with Crippen molar-refractivity contribution in [3.63, 3.8) is 0 Å². The van der Waals surface area contributed by atoms with E-state index in [1.54, 1.807) is 6.92 Å². The average Bonchev–Trinajstić information content (AvgIpc) is 2.30. The Morgan fingerprint density at radius 1 is 1.67 bits per heavy atom. The van der Waals surface area contributed by atoms with Crippen LogP contribution in [0.15, 0.2) is 0 Å². The first-order valence-electron chi connectivity index (χ1n) is 3.42. The highest BCUT2D eigenvalue weighted by Gasteiger charge is 2.45. The lowest BCUT2D eigenvalue weighted by atomic mass is 10.3. The van der Waals surface area contributed by atoms with Crippen LogP contribution < -0.4 is 10.4 Å². The molecular weight excluding hydrogens is 182 g/mol. The number of aliphatic carboxylic acids is 1. The van der Waals surface area contributed by atoms with Crippen LogP contribution in [0, 0.1) is 0 Å². The van der Waals surface area contributed by atoms with Gasteiger partial charge in [0.2, 0.25) is 0 Å². The molecule has 1 fully saturated rings. The van der Waals surface area contributed by atoms with Gasteiger partial charge in [-0.3, -0.25) is 5.32 Å². The van der Waals surface area contributed by atoms with Crippen LogP contribution in [-0.2, 0) is 15.7 Å². The molecular formula is C6H9NO4S. The van der Waals surface area contributed by atoms with Crippen molar-refractivity contribution in [3.8, 4) is 0 Å². The van der Waals surface area contributed by atoms with Crippen LogP contribution in [0.3, 0.4) is 0 Å². The van der Waals surface area contributed by atoms with Crippen molar-refractivity contribution < 1.29 is 19.8 Å². The maximum atomic E-state index is 10.5. The van der Waals surface area contributed by atoms with Crippen molar-refractivity contribution in [3.05, 3.63) is 0 Å². The number of hydrogen-bond donors (Lipinski definition) is 2. The first-order valence-corrected chi connectivity index (χ1v) is 4.87. The smallest absolute Gasteiger partial charge is 0.524 e. The molecule has 0 spiro atoms. The Kier molecular flexibility index (Phi) is 2.58. The second-order valence-corrected chi connectivity index (χ2v) is 4.79. The first-order chi connectivity index (χ1) is 5.52. The minimum atomic E-state index is -1.22. The van der Waals surface area contributed by atoms with Gasteiger partial charge in [0.05, 0.1) is 12.0 Å². The van der Waals surface area contributed by atoms with Crippen molar-refractivity contribution in [1.82, 2.24) is 5.32 Å². The summed E-state index contributed by atoms with van der Waals surface area (Å²) in [6.07, 6.45) is 0. The van der Waals surface area contributed by atoms with Crippen LogP contribution >= 0.6 is 0 Å². The van der Waals surface area contributed by atoms with E-state index in [-0.39, 0.29) is 11.1 Å². The highest BCUT2D eigenvalue weighted by atomic mass is 32.2. The summed E-state index contributed by atoms with van der Waals surface area (Å²) in [7, 11) is -0.890. The second kappa shape index (κ2) is 3.32. The number of nitrogens with one attached hydrogen (secondary N) is 1. The van der Waals surface area contributed by atoms with Crippen LogP contribution in [0.2, 0.25) is 0 Å². The van der Waals surface area contributed by atoms with Crippen molar-refractivity contribution in [2.75, 3.05) is 5.75 Å².